The number of benzene rings is 2. The van der Waals surface area contributed by atoms with Crippen LogP contribution in [0.25, 0.3) is 5.70 Å². The molecule has 0 saturated heterocycles. The molecule has 0 aliphatic carbocycles. The normalized spacial score (nSPS) is 13.0. The van der Waals surface area contributed by atoms with Crippen molar-refractivity contribution >= 4 is 11.4 Å². The first-order valence-corrected chi connectivity index (χ1v) is 7.33. The van der Waals surface area contributed by atoms with E-state index in [1.54, 1.807) is 0 Å². The molecule has 0 radical (unpaired) electrons. The van der Waals surface area contributed by atoms with Gasteiger partial charge < -0.3 is 10.5 Å². The molecule has 3 heteroatoms. The molecule has 2 rings (SSSR count). The van der Waals surface area contributed by atoms with Crippen molar-refractivity contribution in [1.29, 1.82) is 0 Å². The zero-order valence-electron chi connectivity index (χ0n) is 13.1. The van der Waals surface area contributed by atoms with E-state index in [9.17, 15) is 0 Å². The van der Waals surface area contributed by atoms with E-state index < -0.39 is 0 Å². The molecule has 0 aliphatic heterocycles. The van der Waals surface area contributed by atoms with Crippen molar-refractivity contribution in [2.75, 3.05) is 0 Å². The average molecular weight is 294 g/mol. The lowest BCUT2D eigenvalue weighted by molar-refractivity contribution is 0.0576. The number of ether oxygens (including phenoxy) is 1. The predicted molar refractivity (Wildman–Crippen MR) is 92.6 cm³/mol. The Balaban J connectivity index is 2.23. The van der Waals surface area contributed by atoms with Crippen LogP contribution in [0.2, 0.25) is 0 Å². The fourth-order valence-electron chi connectivity index (χ4n) is 2.18. The van der Waals surface area contributed by atoms with Gasteiger partial charge in [-0.2, -0.15) is 0 Å². The summed E-state index contributed by atoms with van der Waals surface area (Å²) in [6.45, 7) is 8.33. The van der Waals surface area contributed by atoms with Crippen LogP contribution in [0.4, 0.5) is 0 Å². The largest absolute Gasteiger partial charge is 0.359 e. The molecule has 2 N–H and O–H groups in total. The Bertz CT molecular complexity index is 660. The van der Waals surface area contributed by atoms with Gasteiger partial charge in [0.15, 0.2) is 0 Å². The average Bonchev–Trinajstić information content (AvgIpc) is 2.54. The van der Waals surface area contributed by atoms with E-state index in [-0.39, 0.29) is 6.23 Å². The van der Waals surface area contributed by atoms with Crippen LogP contribution in [-0.4, -0.2) is 11.9 Å². The lowest BCUT2D eigenvalue weighted by Crippen LogP contribution is -2.19. The highest BCUT2D eigenvalue weighted by Gasteiger charge is 2.07. The summed E-state index contributed by atoms with van der Waals surface area (Å²) in [5.41, 5.74) is 10.5. The summed E-state index contributed by atoms with van der Waals surface area (Å²) in [6, 6.07) is 18.0. The first kappa shape index (κ1) is 16.1. The van der Waals surface area contributed by atoms with Crippen LogP contribution in [0.5, 0.6) is 0 Å². The van der Waals surface area contributed by atoms with Crippen molar-refractivity contribution < 1.29 is 4.74 Å². The monoisotopic (exact) mass is 294 g/mol. The molecule has 0 aromatic heterocycles. The van der Waals surface area contributed by atoms with E-state index >= 15 is 0 Å². The third-order valence-corrected chi connectivity index (χ3v) is 3.32. The Morgan fingerprint density at radius 1 is 1.14 bits per heavy atom. The number of nitrogens with zero attached hydrogens (tertiary/aromatic N) is 1. The van der Waals surface area contributed by atoms with Gasteiger partial charge in [0.2, 0.25) is 0 Å². The van der Waals surface area contributed by atoms with Crippen LogP contribution in [-0.2, 0) is 11.3 Å². The summed E-state index contributed by atoms with van der Waals surface area (Å²) in [7, 11) is 0. The molecule has 2 aromatic carbocycles. The lowest BCUT2D eigenvalue weighted by atomic mass is 10.0. The van der Waals surface area contributed by atoms with E-state index in [0.29, 0.717) is 6.61 Å². The van der Waals surface area contributed by atoms with Crippen LogP contribution < -0.4 is 5.73 Å². The third-order valence-electron chi connectivity index (χ3n) is 3.32. The summed E-state index contributed by atoms with van der Waals surface area (Å²) >= 11 is 0. The molecule has 0 aliphatic rings. The fraction of sp³-hybridized carbons (Fsp3) is 0.211. The number of rotatable bonds is 6. The molecular weight excluding hydrogens is 272 g/mol. The zero-order chi connectivity index (χ0) is 15.9. The first-order chi connectivity index (χ1) is 10.6. The first-order valence-electron chi connectivity index (χ1n) is 7.33. The van der Waals surface area contributed by atoms with E-state index in [0.717, 1.165) is 28.1 Å². The topological polar surface area (TPSA) is 47.6 Å². The third kappa shape index (κ3) is 4.38. The van der Waals surface area contributed by atoms with Crippen molar-refractivity contribution in [1.82, 2.24) is 0 Å². The summed E-state index contributed by atoms with van der Waals surface area (Å²) in [5.74, 6) is 0. The molecule has 0 amide bonds. The van der Waals surface area contributed by atoms with Crippen LogP contribution in [0.15, 0.2) is 66.2 Å². The molecule has 2 aromatic rings. The molecule has 0 saturated carbocycles. The standard InChI is InChI=1S/C19H22N2O/c1-14(17-9-5-4-6-10-17)21-15(2)19-12-8-7-11-18(19)13-22-16(3)20/h4-12,16H,1,13,20H2,2-3H3/b21-15+. The van der Waals surface area contributed by atoms with Gasteiger partial charge in [-0.3, -0.25) is 4.99 Å². The van der Waals surface area contributed by atoms with E-state index in [1.165, 1.54) is 0 Å². The summed E-state index contributed by atoms with van der Waals surface area (Å²) in [6.07, 6.45) is -0.287. The van der Waals surface area contributed by atoms with Gasteiger partial charge in [0.25, 0.3) is 0 Å². The quantitative estimate of drug-likeness (QED) is 0.647. The number of hydrogen-bond acceptors (Lipinski definition) is 3. The Labute approximate surface area is 132 Å². The molecule has 0 heterocycles. The van der Waals surface area contributed by atoms with Crippen molar-refractivity contribution in [3.8, 4) is 0 Å². The fourth-order valence-corrected chi connectivity index (χ4v) is 2.18. The molecule has 0 bridgehead atoms. The highest BCUT2D eigenvalue weighted by molar-refractivity contribution is 6.02. The Kier molecular flexibility index (Phi) is 5.64. The minimum absolute atomic E-state index is 0.287. The van der Waals surface area contributed by atoms with Gasteiger partial charge in [-0.1, -0.05) is 61.2 Å². The second-order valence-electron chi connectivity index (χ2n) is 5.18. The summed E-state index contributed by atoms with van der Waals surface area (Å²) < 4.78 is 5.51. The Morgan fingerprint density at radius 2 is 1.77 bits per heavy atom. The molecular formula is C19H22N2O. The van der Waals surface area contributed by atoms with E-state index in [1.807, 2.05) is 68.4 Å². The van der Waals surface area contributed by atoms with Crippen LogP contribution in [0, 0.1) is 0 Å². The van der Waals surface area contributed by atoms with Gasteiger partial charge in [-0.05, 0) is 25.0 Å². The van der Waals surface area contributed by atoms with Gasteiger partial charge in [0.1, 0.15) is 6.23 Å². The molecule has 114 valence electrons. The van der Waals surface area contributed by atoms with Gasteiger partial charge >= 0.3 is 0 Å². The molecule has 1 unspecified atom stereocenters. The van der Waals surface area contributed by atoms with Crippen molar-refractivity contribution in [2.45, 2.75) is 26.7 Å². The zero-order valence-corrected chi connectivity index (χ0v) is 13.1. The second-order valence-corrected chi connectivity index (χ2v) is 5.18. The number of hydrogen-bond donors (Lipinski definition) is 1. The highest BCUT2D eigenvalue weighted by atomic mass is 16.5. The molecule has 22 heavy (non-hydrogen) atoms. The van der Waals surface area contributed by atoms with Gasteiger partial charge in [0.05, 0.1) is 12.3 Å². The van der Waals surface area contributed by atoms with Crippen LogP contribution in [0.3, 0.4) is 0 Å². The lowest BCUT2D eigenvalue weighted by Gasteiger charge is -2.12. The van der Waals surface area contributed by atoms with Gasteiger partial charge in [-0.25, -0.2) is 0 Å². The minimum Gasteiger partial charge on any atom is -0.359 e. The predicted octanol–water partition coefficient (Wildman–Crippen LogP) is 3.99. The second kappa shape index (κ2) is 7.69. The maximum atomic E-state index is 5.66. The van der Waals surface area contributed by atoms with E-state index in [2.05, 4.69) is 11.6 Å². The Morgan fingerprint density at radius 3 is 2.45 bits per heavy atom. The smallest absolute Gasteiger partial charge is 0.103 e. The number of aliphatic imine (C=N–C) groups is 1. The van der Waals surface area contributed by atoms with Gasteiger partial charge in [0, 0.05) is 11.3 Å². The highest BCUT2D eigenvalue weighted by Crippen LogP contribution is 2.17. The molecule has 1 atom stereocenters. The maximum Gasteiger partial charge on any atom is 0.103 e. The maximum absolute atomic E-state index is 5.66. The molecule has 0 spiro atoms. The molecule has 0 fully saturated rings. The van der Waals surface area contributed by atoms with Crippen molar-refractivity contribution in [2.24, 2.45) is 10.7 Å². The van der Waals surface area contributed by atoms with Gasteiger partial charge in [-0.15, -0.1) is 0 Å². The van der Waals surface area contributed by atoms with Crippen molar-refractivity contribution in [3.05, 3.63) is 77.9 Å². The van der Waals surface area contributed by atoms with Crippen molar-refractivity contribution in [3.63, 3.8) is 0 Å². The van der Waals surface area contributed by atoms with Crippen LogP contribution >= 0.6 is 0 Å². The number of nitrogens with two attached hydrogens (primary N) is 1. The molecule has 3 nitrogen and oxygen atoms in total. The SMILES string of the molecule is C=C(/N=C(\C)c1ccccc1COC(C)N)c1ccccc1. The van der Waals surface area contributed by atoms with Crippen LogP contribution in [0.1, 0.15) is 30.5 Å². The van der Waals surface area contributed by atoms with E-state index in [4.69, 9.17) is 10.5 Å². The Hall–Kier alpha value is -2.23. The summed E-state index contributed by atoms with van der Waals surface area (Å²) in [5, 5.41) is 0. The minimum atomic E-state index is -0.287. The summed E-state index contributed by atoms with van der Waals surface area (Å²) in [4.78, 5) is 4.64.